The zero-order valence-electron chi connectivity index (χ0n) is 11.7. The Morgan fingerprint density at radius 2 is 1.90 bits per heavy atom. The summed E-state index contributed by atoms with van der Waals surface area (Å²) < 4.78 is 26.5. The summed E-state index contributed by atoms with van der Waals surface area (Å²) in [6, 6.07) is 12.1. The highest BCUT2D eigenvalue weighted by molar-refractivity contribution is 7.92. The van der Waals surface area contributed by atoms with Gasteiger partial charge in [0.1, 0.15) is 0 Å². The monoisotopic (exact) mass is 306 g/mol. The number of hydrogen-bond donors (Lipinski definition) is 2. The van der Waals surface area contributed by atoms with Gasteiger partial charge in [-0.15, -0.1) is 0 Å². The van der Waals surface area contributed by atoms with Gasteiger partial charge >= 0.3 is 0 Å². The second kappa shape index (κ2) is 6.69. The number of rotatable bonds is 6. The number of sulfonamides is 1. The molecular formula is C15H18N2O3S. The third-order valence-electron chi connectivity index (χ3n) is 3.02. The maximum absolute atomic E-state index is 12.0. The second-order valence-electron chi connectivity index (χ2n) is 4.79. The Kier molecular flexibility index (Phi) is 4.93. The van der Waals surface area contributed by atoms with E-state index in [9.17, 15) is 13.5 Å². The number of nitrogens with zero attached hydrogens (tertiary/aromatic N) is 1. The largest absolute Gasteiger partial charge is 0.389 e. The number of hydrogen-bond acceptors (Lipinski definition) is 4. The Hall–Kier alpha value is -1.92. The third-order valence-corrected chi connectivity index (χ3v) is 4.31. The second-order valence-corrected chi connectivity index (χ2v) is 6.63. The molecule has 2 N–H and O–H groups in total. The van der Waals surface area contributed by atoms with E-state index in [1.165, 1.54) is 0 Å². The van der Waals surface area contributed by atoms with Crippen molar-refractivity contribution in [3.8, 4) is 0 Å². The summed E-state index contributed by atoms with van der Waals surface area (Å²) >= 11 is 0. The van der Waals surface area contributed by atoms with Crippen LogP contribution >= 0.6 is 0 Å². The van der Waals surface area contributed by atoms with E-state index in [4.69, 9.17) is 0 Å². The number of aliphatic hydroxyl groups is 1. The first-order valence-corrected chi connectivity index (χ1v) is 8.30. The average molecular weight is 306 g/mol. The van der Waals surface area contributed by atoms with Gasteiger partial charge in [0.25, 0.3) is 0 Å². The Morgan fingerprint density at radius 3 is 2.48 bits per heavy atom. The van der Waals surface area contributed by atoms with Gasteiger partial charge < -0.3 is 5.11 Å². The van der Waals surface area contributed by atoms with Crippen LogP contribution in [-0.4, -0.2) is 24.3 Å². The minimum atomic E-state index is -3.42. The van der Waals surface area contributed by atoms with Crippen LogP contribution in [0.3, 0.4) is 0 Å². The Labute approximate surface area is 124 Å². The molecule has 0 fully saturated rings. The highest BCUT2D eigenvalue weighted by Gasteiger charge is 2.11. The first-order valence-electron chi connectivity index (χ1n) is 6.65. The van der Waals surface area contributed by atoms with E-state index in [2.05, 4.69) is 9.71 Å². The van der Waals surface area contributed by atoms with Crippen molar-refractivity contribution >= 4 is 15.7 Å². The number of benzene rings is 1. The van der Waals surface area contributed by atoms with Crippen molar-refractivity contribution in [1.82, 2.24) is 4.98 Å². The Morgan fingerprint density at radius 1 is 1.19 bits per heavy atom. The maximum Gasteiger partial charge on any atom is 0.233 e. The van der Waals surface area contributed by atoms with Gasteiger partial charge in [-0.05, 0) is 36.8 Å². The first kappa shape index (κ1) is 15.5. The quantitative estimate of drug-likeness (QED) is 0.857. The van der Waals surface area contributed by atoms with Crippen LogP contribution in [-0.2, 0) is 16.4 Å². The Balaban J connectivity index is 1.97. The van der Waals surface area contributed by atoms with E-state index in [0.29, 0.717) is 12.1 Å². The molecule has 1 heterocycles. The van der Waals surface area contributed by atoms with Crippen molar-refractivity contribution in [2.24, 2.45) is 0 Å². The zero-order chi connectivity index (χ0) is 15.3. The van der Waals surface area contributed by atoms with Gasteiger partial charge in [-0.2, -0.15) is 0 Å². The first-order chi connectivity index (χ1) is 9.96. The highest BCUT2D eigenvalue weighted by atomic mass is 32.2. The third kappa shape index (κ3) is 4.84. The standard InChI is InChI=1S/C15H18N2O3S/c1-12(18)13-5-7-15(8-6-13)17-21(19,20)11-9-14-4-2-3-10-16-14/h2-8,10,12,17-18H,9,11H2,1H3. The van der Waals surface area contributed by atoms with Crippen LogP contribution < -0.4 is 4.72 Å². The molecule has 2 aromatic rings. The maximum atomic E-state index is 12.0. The van der Waals surface area contributed by atoms with Crippen LogP contribution in [0, 0.1) is 0 Å². The number of nitrogens with one attached hydrogen (secondary N) is 1. The fourth-order valence-corrected chi connectivity index (χ4v) is 2.92. The molecule has 0 amide bonds. The van der Waals surface area contributed by atoms with E-state index in [-0.39, 0.29) is 5.75 Å². The van der Waals surface area contributed by atoms with Crippen molar-refractivity contribution in [1.29, 1.82) is 0 Å². The van der Waals surface area contributed by atoms with Crippen molar-refractivity contribution < 1.29 is 13.5 Å². The predicted octanol–water partition coefficient (Wildman–Crippen LogP) is 2.12. The molecule has 1 unspecified atom stereocenters. The van der Waals surface area contributed by atoms with E-state index in [1.807, 2.05) is 6.07 Å². The van der Waals surface area contributed by atoms with Crippen molar-refractivity contribution in [3.63, 3.8) is 0 Å². The zero-order valence-corrected chi connectivity index (χ0v) is 12.5. The fourth-order valence-electron chi connectivity index (χ4n) is 1.85. The summed E-state index contributed by atoms with van der Waals surface area (Å²) in [6.07, 6.45) is 1.44. The molecule has 112 valence electrons. The van der Waals surface area contributed by atoms with Crippen LogP contribution in [0.1, 0.15) is 24.3 Å². The van der Waals surface area contributed by atoms with Gasteiger partial charge in [0.15, 0.2) is 0 Å². The molecule has 6 heteroatoms. The Bertz CT molecular complexity index is 668. The minimum Gasteiger partial charge on any atom is -0.389 e. The van der Waals surface area contributed by atoms with Crippen molar-refractivity contribution in [2.75, 3.05) is 10.5 Å². The molecule has 0 bridgehead atoms. The fraction of sp³-hybridized carbons (Fsp3) is 0.267. The average Bonchev–Trinajstić information content (AvgIpc) is 2.46. The predicted molar refractivity (Wildman–Crippen MR) is 82.4 cm³/mol. The summed E-state index contributed by atoms with van der Waals surface area (Å²) in [7, 11) is -3.42. The molecule has 5 nitrogen and oxygen atoms in total. The van der Waals surface area contributed by atoms with Gasteiger partial charge in [-0.3, -0.25) is 9.71 Å². The number of aryl methyl sites for hydroxylation is 1. The van der Waals surface area contributed by atoms with E-state index in [0.717, 1.165) is 11.3 Å². The molecule has 0 aliphatic rings. The van der Waals surface area contributed by atoms with Crippen LogP contribution in [0.5, 0.6) is 0 Å². The number of anilines is 1. The molecule has 2 rings (SSSR count). The van der Waals surface area contributed by atoms with Gasteiger partial charge in [0.05, 0.1) is 11.9 Å². The molecule has 1 aromatic heterocycles. The SMILES string of the molecule is CC(O)c1ccc(NS(=O)(=O)CCc2ccccn2)cc1. The topological polar surface area (TPSA) is 79.3 Å². The summed E-state index contributed by atoms with van der Waals surface area (Å²) in [5.74, 6) is -0.0256. The molecule has 0 spiro atoms. The van der Waals surface area contributed by atoms with Crippen LogP contribution in [0.25, 0.3) is 0 Å². The molecule has 0 aliphatic carbocycles. The molecule has 0 saturated heterocycles. The number of aliphatic hydroxyl groups excluding tert-OH is 1. The molecule has 0 saturated carbocycles. The molecule has 21 heavy (non-hydrogen) atoms. The minimum absolute atomic E-state index is 0.0256. The summed E-state index contributed by atoms with van der Waals surface area (Å²) in [4.78, 5) is 4.10. The van der Waals surface area contributed by atoms with E-state index in [1.54, 1.807) is 49.5 Å². The lowest BCUT2D eigenvalue weighted by atomic mass is 10.1. The van der Waals surface area contributed by atoms with Crippen LogP contribution in [0.15, 0.2) is 48.7 Å². The van der Waals surface area contributed by atoms with Crippen molar-refractivity contribution in [3.05, 3.63) is 59.9 Å². The summed E-state index contributed by atoms with van der Waals surface area (Å²) in [6.45, 7) is 1.66. The van der Waals surface area contributed by atoms with Gasteiger partial charge in [0, 0.05) is 24.0 Å². The lowest BCUT2D eigenvalue weighted by Gasteiger charge is -2.09. The van der Waals surface area contributed by atoms with Gasteiger partial charge in [0.2, 0.25) is 10.0 Å². The van der Waals surface area contributed by atoms with E-state index >= 15 is 0 Å². The smallest absolute Gasteiger partial charge is 0.233 e. The number of aromatic nitrogens is 1. The molecular weight excluding hydrogens is 288 g/mol. The van der Waals surface area contributed by atoms with E-state index < -0.39 is 16.1 Å². The van der Waals surface area contributed by atoms with Gasteiger partial charge in [-0.1, -0.05) is 18.2 Å². The van der Waals surface area contributed by atoms with Gasteiger partial charge in [-0.25, -0.2) is 8.42 Å². The molecule has 0 aliphatic heterocycles. The molecule has 1 atom stereocenters. The summed E-state index contributed by atoms with van der Waals surface area (Å²) in [5.41, 5.74) is 1.97. The van der Waals surface area contributed by atoms with Crippen LogP contribution in [0.2, 0.25) is 0 Å². The lowest BCUT2D eigenvalue weighted by Crippen LogP contribution is -2.18. The molecule has 0 radical (unpaired) electrons. The molecule has 1 aromatic carbocycles. The summed E-state index contributed by atoms with van der Waals surface area (Å²) in [5, 5.41) is 9.41. The normalized spacial score (nSPS) is 12.9. The lowest BCUT2D eigenvalue weighted by molar-refractivity contribution is 0.199. The number of pyridine rings is 1. The van der Waals surface area contributed by atoms with Crippen LogP contribution in [0.4, 0.5) is 5.69 Å². The highest BCUT2D eigenvalue weighted by Crippen LogP contribution is 2.16. The van der Waals surface area contributed by atoms with Crippen molar-refractivity contribution in [2.45, 2.75) is 19.4 Å².